The predicted molar refractivity (Wildman–Crippen MR) is 84.5 cm³/mol. The summed E-state index contributed by atoms with van der Waals surface area (Å²) in [6.07, 6.45) is 0.385. The number of hydrogen-bond donors (Lipinski definition) is 1. The van der Waals surface area contributed by atoms with Gasteiger partial charge in [-0.15, -0.1) is 0 Å². The molecule has 0 unspecified atom stereocenters. The number of likely N-dealkylation sites (N-methyl/N-ethyl adjacent to an activating group) is 1. The van der Waals surface area contributed by atoms with Crippen LogP contribution in [0.2, 0.25) is 0 Å². The molecule has 0 bridgehead atoms. The van der Waals surface area contributed by atoms with E-state index >= 15 is 0 Å². The highest BCUT2D eigenvalue weighted by atomic mass is 79.9. The van der Waals surface area contributed by atoms with E-state index in [1.807, 2.05) is 18.2 Å². The monoisotopic (exact) mass is 368 g/mol. The van der Waals surface area contributed by atoms with Crippen LogP contribution in [0.15, 0.2) is 28.7 Å². The Morgan fingerprint density at radius 2 is 2.05 bits per heavy atom. The number of amides is 2. The van der Waals surface area contributed by atoms with Gasteiger partial charge in [0.25, 0.3) is 0 Å². The lowest BCUT2D eigenvalue weighted by molar-refractivity contribution is -0.151. The molecule has 6 nitrogen and oxygen atoms in total. The maximum atomic E-state index is 12.5. The molecule has 2 rings (SSSR count). The lowest BCUT2D eigenvalue weighted by Gasteiger charge is -2.24. The number of carbonyl (C=O) groups is 3. The van der Waals surface area contributed by atoms with E-state index in [0.29, 0.717) is 13.0 Å². The summed E-state index contributed by atoms with van der Waals surface area (Å²) >= 11 is 3.40. The summed E-state index contributed by atoms with van der Waals surface area (Å²) in [4.78, 5) is 38.5. The zero-order valence-corrected chi connectivity index (χ0v) is 13.9. The Morgan fingerprint density at radius 1 is 1.41 bits per heavy atom. The van der Waals surface area contributed by atoms with Gasteiger partial charge in [-0.25, -0.2) is 4.79 Å². The fraction of sp³-hybridized carbons (Fsp3) is 0.400. The minimum atomic E-state index is -1.09. The standard InChI is InChI=1S/C15H17BrN2O4/c1-9(15(21)22)17(2)13(19)10-7-8-18(14(10)20)12-6-4-3-5-11(12)16/h3-6,9-10H,7-8H2,1-2H3,(H,21,22)/t9-,10+/m1/s1. The summed E-state index contributed by atoms with van der Waals surface area (Å²) in [5.74, 6) is -2.65. The van der Waals surface area contributed by atoms with Gasteiger partial charge in [-0.1, -0.05) is 12.1 Å². The molecule has 1 heterocycles. The molecule has 1 saturated heterocycles. The predicted octanol–water partition coefficient (Wildman–Crippen LogP) is 1.73. The highest BCUT2D eigenvalue weighted by Gasteiger charge is 2.40. The van der Waals surface area contributed by atoms with Crippen LogP contribution in [0, 0.1) is 5.92 Å². The topological polar surface area (TPSA) is 77.9 Å². The second-order valence-corrected chi connectivity index (χ2v) is 6.10. The van der Waals surface area contributed by atoms with Crippen molar-refractivity contribution in [2.75, 3.05) is 18.5 Å². The van der Waals surface area contributed by atoms with Gasteiger partial charge in [0.15, 0.2) is 0 Å². The molecule has 2 amide bonds. The number of carbonyl (C=O) groups excluding carboxylic acids is 2. The van der Waals surface area contributed by atoms with Crippen LogP contribution in [0.4, 0.5) is 5.69 Å². The van der Waals surface area contributed by atoms with E-state index in [2.05, 4.69) is 15.9 Å². The minimum Gasteiger partial charge on any atom is -0.480 e. The average Bonchev–Trinajstić information content (AvgIpc) is 2.87. The minimum absolute atomic E-state index is 0.290. The number of para-hydroxylation sites is 1. The molecule has 1 aliphatic heterocycles. The first-order valence-electron chi connectivity index (χ1n) is 6.90. The van der Waals surface area contributed by atoms with E-state index in [-0.39, 0.29) is 5.91 Å². The van der Waals surface area contributed by atoms with Crippen molar-refractivity contribution < 1.29 is 19.5 Å². The third-order valence-electron chi connectivity index (χ3n) is 3.93. The third-order valence-corrected chi connectivity index (χ3v) is 4.60. The molecular weight excluding hydrogens is 352 g/mol. The zero-order chi connectivity index (χ0) is 16.4. The molecule has 118 valence electrons. The number of anilines is 1. The first-order valence-corrected chi connectivity index (χ1v) is 7.69. The molecule has 1 fully saturated rings. The van der Waals surface area contributed by atoms with Crippen molar-refractivity contribution in [3.05, 3.63) is 28.7 Å². The van der Waals surface area contributed by atoms with E-state index in [0.717, 1.165) is 15.1 Å². The Kier molecular flexibility index (Phi) is 4.85. The Hall–Kier alpha value is -1.89. The second-order valence-electron chi connectivity index (χ2n) is 5.25. The van der Waals surface area contributed by atoms with Crippen molar-refractivity contribution in [1.29, 1.82) is 0 Å². The summed E-state index contributed by atoms with van der Waals surface area (Å²) in [7, 11) is 1.41. The molecular formula is C15H17BrN2O4. The van der Waals surface area contributed by atoms with Crippen LogP contribution < -0.4 is 4.90 Å². The fourth-order valence-electron chi connectivity index (χ4n) is 2.42. The second kappa shape index (κ2) is 6.48. The summed E-state index contributed by atoms with van der Waals surface area (Å²) in [5, 5.41) is 8.98. The van der Waals surface area contributed by atoms with Crippen molar-refractivity contribution in [3.8, 4) is 0 Å². The molecule has 0 radical (unpaired) electrons. The van der Waals surface area contributed by atoms with Crippen molar-refractivity contribution in [3.63, 3.8) is 0 Å². The largest absolute Gasteiger partial charge is 0.480 e. The van der Waals surface area contributed by atoms with Gasteiger partial charge < -0.3 is 14.9 Å². The Labute approximate surface area is 136 Å². The van der Waals surface area contributed by atoms with Gasteiger partial charge in [0.05, 0.1) is 5.69 Å². The Bertz CT molecular complexity index is 619. The van der Waals surface area contributed by atoms with E-state index in [4.69, 9.17) is 5.11 Å². The van der Waals surface area contributed by atoms with Crippen molar-refractivity contribution in [2.45, 2.75) is 19.4 Å². The van der Waals surface area contributed by atoms with Crippen molar-refractivity contribution in [2.24, 2.45) is 5.92 Å². The van der Waals surface area contributed by atoms with Crippen molar-refractivity contribution >= 4 is 39.4 Å². The molecule has 1 aromatic rings. The van der Waals surface area contributed by atoms with E-state index < -0.39 is 23.8 Å². The quantitative estimate of drug-likeness (QED) is 0.821. The number of hydrogen-bond acceptors (Lipinski definition) is 3. The number of rotatable bonds is 4. The van der Waals surface area contributed by atoms with E-state index in [9.17, 15) is 14.4 Å². The summed E-state index contributed by atoms with van der Waals surface area (Å²) in [6.45, 7) is 1.86. The van der Waals surface area contributed by atoms with Crippen LogP contribution in [0.25, 0.3) is 0 Å². The van der Waals surface area contributed by atoms with Gasteiger partial charge in [-0.2, -0.15) is 0 Å². The van der Waals surface area contributed by atoms with Gasteiger partial charge in [-0.05, 0) is 41.4 Å². The van der Waals surface area contributed by atoms with Crippen LogP contribution in [0.3, 0.4) is 0 Å². The van der Waals surface area contributed by atoms with Gasteiger partial charge >= 0.3 is 5.97 Å². The summed E-state index contributed by atoms with van der Waals surface area (Å²) in [5.41, 5.74) is 0.719. The Balaban J connectivity index is 2.16. The molecule has 1 aliphatic rings. The highest BCUT2D eigenvalue weighted by molar-refractivity contribution is 9.10. The maximum Gasteiger partial charge on any atom is 0.326 e. The third kappa shape index (κ3) is 2.99. The lowest BCUT2D eigenvalue weighted by atomic mass is 10.1. The van der Waals surface area contributed by atoms with Gasteiger partial charge in [0.1, 0.15) is 12.0 Å². The zero-order valence-electron chi connectivity index (χ0n) is 12.3. The molecule has 2 atom stereocenters. The molecule has 7 heteroatoms. The number of aliphatic carboxylic acids is 1. The molecule has 0 aliphatic carbocycles. The normalized spacial score (nSPS) is 19.1. The van der Waals surface area contributed by atoms with E-state index in [1.54, 1.807) is 11.0 Å². The van der Waals surface area contributed by atoms with Crippen LogP contribution in [0.1, 0.15) is 13.3 Å². The number of halogens is 1. The van der Waals surface area contributed by atoms with Crippen LogP contribution in [-0.2, 0) is 14.4 Å². The lowest BCUT2D eigenvalue weighted by Crippen LogP contribution is -2.45. The molecule has 0 saturated carbocycles. The molecule has 0 spiro atoms. The van der Waals surface area contributed by atoms with Gasteiger partial charge in [0, 0.05) is 18.1 Å². The first kappa shape index (κ1) is 16.5. The molecule has 22 heavy (non-hydrogen) atoms. The SMILES string of the molecule is C[C@H](C(=O)O)N(C)C(=O)[C@@H]1CCN(c2ccccc2Br)C1=O. The number of carboxylic acids is 1. The van der Waals surface area contributed by atoms with Gasteiger partial charge in [0.2, 0.25) is 11.8 Å². The fourth-order valence-corrected chi connectivity index (χ4v) is 2.92. The van der Waals surface area contributed by atoms with Crippen LogP contribution >= 0.6 is 15.9 Å². The van der Waals surface area contributed by atoms with Crippen LogP contribution in [-0.4, -0.2) is 47.4 Å². The van der Waals surface area contributed by atoms with Crippen LogP contribution in [0.5, 0.6) is 0 Å². The van der Waals surface area contributed by atoms with Gasteiger partial charge in [-0.3, -0.25) is 9.59 Å². The smallest absolute Gasteiger partial charge is 0.326 e. The first-order chi connectivity index (χ1) is 10.3. The summed E-state index contributed by atoms with van der Waals surface area (Å²) < 4.78 is 0.781. The average molecular weight is 369 g/mol. The highest BCUT2D eigenvalue weighted by Crippen LogP contribution is 2.32. The number of benzene rings is 1. The summed E-state index contributed by atoms with van der Waals surface area (Å²) in [6, 6.07) is 6.34. The number of nitrogens with zero attached hydrogens (tertiary/aromatic N) is 2. The Morgan fingerprint density at radius 3 is 2.64 bits per heavy atom. The van der Waals surface area contributed by atoms with E-state index in [1.165, 1.54) is 14.0 Å². The van der Waals surface area contributed by atoms with Crippen molar-refractivity contribution in [1.82, 2.24) is 4.90 Å². The molecule has 1 N–H and O–H groups in total. The maximum absolute atomic E-state index is 12.5. The molecule has 0 aromatic heterocycles. The molecule has 1 aromatic carbocycles. The number of carboxylic acid groups (broad SMARTS) is 1.